The van der Waals surface area contributed by atoms with Gasteiger partial charge in [-0.05, 0) is 36.5 Å². The fourth-order valence-electron chi connectivity index (χ4n) is 3.12. The summed E-state index contributed by atoms with van der Waals surface area (Å²) in [6.45, 7) is 3.23. The number of hydrogen-bond acceptors (Lipinski definition) is 4. The van der Waals surface area contributed by atoms with Gasteiger partial charge in [-0.1, -0.05) is 6.07 Å². The minimum Gasteiger partial charge on any atom is -0.442 e. The summed E-state index contributed by atoms with van der Waals surface area (Å²) in [7, 11) is 0. The molecule has 0 aliphatic carbocycles. The largest absolute Gasteiger partial charge is 0.442 e. The number of nitrogens with zero attached hydrogens (tertiary/aromatic N) is 1. The van der Waals surface area contributed by atoms with Crippen LogP contribution < -0.4 is 10.2 Å². The van der Waals surface area contributed by atoms with E-state index in [1.165, 1.54) is 17.9 Å². The van der Waals surface area contributed by atoms with Gasteiger partial charge in [-0.3, -0.25) is 9.69 Å². The molecule has 2 aliphatic rings. The van der Waals surface area contributed by atoms with E-state index in [-0.39, 0.29) is 30.7 Å². The molecule has 0 radical (unpaired) electrons. The highest BCUT2D eigenvalue weighted by atomic mass is 19.1. The van der Waals surface area contributed by atoms with Gasteiger partial charge in [0.25, 0.3) is 0 Å². The van der Waals surface area contributed by atoms with E-state index >= 15 is 0 Å². The number of carbonyl (C=O) groups is 2. The van der Waals surface area contributed by atoms with E-state index in [0.717, 1.165) is 12.8 Å². The number of carbonyl (C=O) groups excluding carboxylic acids is 2. The van der Waals surface area contributed by atoms with Crippen molar-refractivity contribution in [1.82, 2.24) is 5.32 Å². The molecule has 2 amide bonds. The molecule has 6 nitrogen and oxygen atoms in total. The number of amides is 2. The molecule has 1 unspecified atom stereocenters. The molecule has 3 rings (SSSR count). The average molecular weight is 336 g/mol. The van der Waals surface area contributed by atoms with Crippen molar-refractivity contribution in [3.8, 4) is 0 Å². The third-order valence-corrected chi connectivity index (χ3v) is 4.41. The molecular weight excluding hydrogens is 315 g/mol. The van der Waals surface area contributed by atoms with Crippen molar-refractivity contribution in [2.75, 3.05) is 31.2 Å². The van der Waals surface area contributed by atoms with Crippen molar-refractivity contribution in [2.24, 2.45) is 0 Å². The normalized spacial score (nSPS) is 21.7. The first-order valence-electron chi connectivity index (χ1n) is 8.14. The average Bonchev–Trinajstić information content (AvgIpc) is 2.94. The summed E-state index contributed by atoms with van der Waals surface area (Å²) in [6, 6.07) is 4.87. The lowest BCUT2D eigenvalue weighted by molar-refractivity contribution is -0.119. The van der Waals surface area contributed by atoms with Crippen molar-refractivity contribution in [2.45, 2.75) is 31.8 Å². The van der Waals surface area contributed by atoms with Crippen LogP contribution in [0.2, 0.25) is 0 Å². The van der Waals surface area contributed by atoms with Gasteiger partial charge in [0.05, 0.1) is 18.8 Å². The number of anilines is 1. The number of halogens is 1. The molecule has 0 spiro atoms. The van der Waals surface area contributed by atoms with Crippen LogP contribution in [0.5, 0.6) is 0 Å². The number of rotatable bonds is 4. The van der Waals surface area contributed by atoms with Gasteiger partial charge in [0.15, 0.2) is 0 Å². The van der Waals surface area contributed by atoms with E-state index in [1.54, 1.807) is 12.1 Å². The first-order chi connectivity index (χ1) is 11.5. The van der Waals surface area contributed by atoms with Gasteiger partial charge in [-0.15, -0.1) is 0 Å². The number of nitrogens with one attached hydrogen (secondary N) is 1. The molecule has 2 aliphatic heterocycles. The van der Waals surface area contributed by atoms with E-state index in [1.807, 2.05) is 0 Å². The number of benzene rings is 1. The van der Waals surface area contributed by atoms with Gasteiger partial charge < -0.3 is 14.8 Å². The standard InChI is InChI=1S/C17H21FN2O4/c1-11(21)19-9-14-10-20(17(22)24-14)13-2-3-15(16(18)8-13)12-4-6-23-7-5-12/h2-3,8,12,14H,4-7,9-10H2,1H3,(H,19,21). The predicted octanol–water partition coefficient (Wildman–Crippen LogP) is 2.18. The fourth-order valence-corrected chi connectivity index (χ4v) is 3.12. The number of hydrogen-bond donors (Lipinski definition) is 1. The number of cyclic esters (lactones) is 1. The zero-order valence-electron chi connectivity index (χ0n) is 13.6. The maximum absolute atomic E-state index is 14.5. The van der Waals surface area contributed by atoms with Crippen LogP contribution in [0.1, 0.15) is 31.2 Å². The minimum atomic E-state index is -0.524. The minimum absolute atomic E-state index is 0.158. The molecule has 24 heavy (non-hydrogen) atoms. The second kappa shape index (κ2) is 7.17. The van der Waals surface area contributed by atoms with E-state index in [2.05, 4.69) is 5.32 Å². The van der Waals surface area contributed by atoms with E-state index in [4.69, 9.17) is 9.47 Å². The first kappa shape index (κ1) is 16.7. The van der Waals surface area contributed by atoms with Gasteiger partial charge in [0, 0.05) is 20.1 Å². The third-order valence-electron chi connectivity index (χ3n) is 4.41. The molecule has 130 valence electrons. The topological polar surface area (TPSA) is 67.9 Å². The Morgan fingerprint density at radius 1 is 1.38 bits per heavy atom. The van der Waals surface area contributed by atoms with E-state index in [9.17, 15) is 14.0 Å². The lowest BCUT2D eigenvalue weighted by Gasteiger charge is -2.23. The van der Waals surface area contributed by atoms with Crippen molar-refractivity contribution >= 4 is 17.7 Å². The Morgan fingerprint density at radius 2 is 2.12 bits per heavy atom. The van der Waals surface area contributed by atoms with Crippen LogP contribution in [0.15, 0.2) is 18.2 Å². The number of ether oxygens (including phenoxy) is 2. The van der Waals surface area contributed by atoms with Crippen molar-refractivity contribution in [3.63, 3.8) is 0 Å². The smallest absolute Gasteiger partial charge is 0.414 e. The summed E-state index contributed by atoms with van der Waals surface area (Å²) >= 11 is 0. The van der Waals surface area contributed by atoms with Crippen LogP contribution in [0.25, 0.3) is 0 Å². The highest BCUT2D eigenvalue weighted by Crippen LogP contribution is 2.32. The predicted molar refractivity (Wildman–Crippen MR) is 85.5 cm³/mol. The summed E-state index contributed by atoms with van der Waals surface area (Å²) < 4.78 is 25.0. The molecule has 1 N–H and O–H groups in total. The fraction of sp³-hybridized carbons (Fsp3) is 0.529. The van der Waals surface area contributed by atoms with Gasteiger partial charge in [0.2, 0.25) is 5.91 Å². The first-order valence-corrected chi connectivity index (χ1v) is 8.14. The molecule has 0 aromatic heterocycles. The molecule has 7 heteroatoms. The molecular formula is C17H21FN2O4. The van der Waals surface area contributed by atoms with Crippen LogP contribution >= 0.6 is 0 Å². The zero-order valence-corrected chi connectivity index (χ0v) is 13.6. The van der Waals surface area contributed by atoms with Crippen LogP contribution in [-0.4, -0.2) is 44.4 Å². The maximum Gasteiger partial charge on any atom is 0.414 e. The molecule has 1 aromatic carbocycles. The summed E-state index contributed by atoms with van der Waals surface area (Å²) in [4.78, 5) is 24.3. The Morgan fingerprint density at radius 3 is 2.79 bits per heavy atom. The monoisotopic (exact) mass is 336 g/mol. The molecule has 2 fully saturated rings. The highest BCUT2D eigenvalue weighted by Gasteiger charge is 2.33. The van der Waals surface area contributed by atoms with Crippen LogP contribution in [0.3, 0.4) is 0 Å². The zero-order chi connectivity index (χ0) is 17.1. The van der Waals surface area contributed by atoms with Gasteiger partial charge in [0.1, 0.15) is 11.9 Å². The van der Waals surface area contributed by atoms with Gasteiger partial charge in [-0.2, -0.15) is 0 Å². The van der Waals surface area contributed by atoms with Crippen molar-refractivity contribution < 1.29 is 23.5 Å². The van der Waals surface area contributed by atoms with E-state index < -0.39 is 12.2 Å². The molecule has 0 bridgehead atoms. The Kier molecular flexibility index (Phi) is 4.99. The van der Waals surface area contributed by atoms with Gasteiger partial charge in [-0.25, -0.2) is 9.18 Å². The summed E-state index contributed by atoms with van der Waals surface area (Å²) in [6.07, 6.45) is 0.657. The molecule has 2 heterocycles. The SMILES string of the molecule is CC(=O)NCC1CN(c2ccc(C3CCOCC3)c(F)c2)C(=O)O1. The Bertz CT molecular complexity index is 631. The third kappa shape index (κ3) is 3.67. The van der Waals surface area contributed by atoms with Crippen molar-refractivity contribution in [1.29, 1.82) is 0 Å². The Hall–Kier alpha value is -2.15. The summed E-state index contributed by atoms with van der Waals surface area (Å²) in [5.74, 6) is -0.334. The quantitative estimate of drug-likeness (QED) is 0.915. The van der Waals surface area contributed by atoms with Crippen LogP contribution in [0.4, 0.5) is 14.9 Å². The van der Waals surface area contributed by atoms with Crippen LogP contribution in [0, 0.1) is 5.82 Å². The van der Waals surface area contributed by atoms with Crippen LogP contribution in [-0.2, 0) is 14.3 Å². The molecule has 2 saturated heterocycles. The molecule has 1 atom stereocenters. The molecule has 1 aromatic rings. The molecule has 0 saturated carbocycles. The Labute approximate surface area is 139 Å². The summed E-state index contributed by atoms with van der Waals surface area (Å²) in [5, 5.41) is 2.61. The second-order valence-corrected chi connectivity index (χ2v) is 6.15. The highest BCUT2D eigenvalue weighted by molar-refractivity contribution is 5.89. The lowest BCUT2D eigenvalue weighted by atomic mass is 9.91. The lowest BCUT2D eigenvalue weighted by Crippen LogP contribution is -2.33. The van der Waals surface area contributed by atoms with Gasteiger partial charge >= 0.3 is 6.09 Å². The van der Waals surface area contributed by atoms with E-state index in [0.29, 0.717) is 24.5 Å². The maximum atomic E-state index is 14.5. The second-order valence-electron chi connectivity index (χ2n) is 6.15. The Balaban J connectivity index is 1.69. The van der Waals surface area contributed by atoms with Crippen molar-refractivity contribution in [3.05, 3.63) is 29.6 Å². The summed E-state index contributed by atoms with van der Waals surface area (Å²) in [5.41, 5.74) is 1.14.